The van der Waals surface area contributed by atoms with Gasteiger partial charge < -0.3 is 15.4 Å². The molecule has 1 heterocycles. The van der Waals surface area contributed by atoms with Crippen molar-refractivity contribution in [2.75, 3.05) is 19.5 Å². The Kier molecular flexibility index (Phi) is 5.16. The van der Waals surface area contributed by atoms with Crippen LogP contribution in [0.5, 0.6) is 5.75 Å². The van der Waals surface area contributed by atoms with E-state index in [9.17, 15) is 14.4 Å². The molecule has 8 nitrogen and oxygen atoms in total. The number of nitrogens with one attached hydrogen (secondary N) is 2. The molecule has 0 aliphatic heterocycles. The summed E-state index contributed by atoms with van der Waals surface area (Å²) in [5.41, 5.74) is 0.203. The van der Waals surface area contributed by atoms with Crippen LogP contribution in [0.1, 0.15) is 10.5 Å². The number of hydrogen-bond donors (Lipinski definition) is 2. The van der Waals surface area contributed by atoms with Crippen molar-refractivity contribution in [1.82, 2.24) is 15.1 Å². The summed E-state index contributed by atoms with van der Waals surface area (Å²) in [6.07, 6.45) is 0. The van der Waals surface area contributed by atoms with Crippen LogP contribution < -0.4 is 20.9 Å². The van der Waals surface area contributed by atoms with E-state index < -0.39 is 17.4 Å². The Morgan fingerprint density at radius 2 is 1.74 bits per heavy atom. The van der Waals surface area contributed by atoms with E-state index in [-0.39, 0.29) is 12.2 Å². The van der Waals surface area contributed by atoms with Gasteiger partial charge in [-0.2, -0.15) is 5.10 Å². The first-order valence-electron chi connectivity index (χ1n) is 8.19. The molecule has 27 heavy (non-hydrogen) atoms. The number of nitrogens with zero attached hydrogens (tertiary/aromatic N) is 2. The van der Waals surface area contributed by atoms with Gasteiger partial charge in [0.1, 0.15) is 12.3 Å². The average Bonchev–Trinajstić information content (AvgIpc) is 2.70. The SMILES string of the molecule is CNC(=O)c1nn(CC(=O)Nc2ccc(OC)cc2)c(=O)c2ccccc12. The van der Waals surface area contributed by atoms with Crippen molar-refractivity contribution in [3.63, 3.8) is 0 Å². The van der Waals surface area contributed by atoms with E-state index in [1.54, 1.807) is 55.6 Å². The van der Waals surface area contributed by atoms with Gasteiger partial charge >= 0.3 is 0 Å². The largest absolute Gasteiger partial charge is 0.497 e. The van der Waals surface area contributed by atoms with Crippen molar-refractivity contribution in [2.24, 2.45) is 0 Å². The van der Waals surface area contributed by atoms with Crippen LogP contribution in [-0.4, -0.2) is 35.8 Å². The molecule has 3 rings (SSSR count). The maximum absolute atomic E-state index is 12.6. The van der Waals surface area contributed by atoms with Crippen LogP contribution in [-0.2, 0) is 11.3 Å². The predicted octanol–water partition coefficient (Wildman–Crippen LogP) is 1.40. The van der Waals surface area contributed by atoms with Gasteiger partial charge in [-0.25, -0.2) is 4.68 Å². The number of fused-ring (bicyclic) bond motifs is 1. The summed E-state index contributed by atoms with van der Waals surface area (Å²) >= 11 is 0. The van der Waals surface area contributed by atoms with Gasteiger partial charge in [0.25, 0.3) is 11.5 Å². The van der Waals surface area contributed by atoms with Gasteiger partial charge in [-0.3, -0.25) is 14.4 Å². The van der Waals surface area contributed by atoms with Gasteiger partial charge in [-0.1, -0.05) is 18.2 Å². The lowest BCUT2D eigenvalue weighted by Crippen LogP contribution is -2.33. The molecule has 2 amide bonds. The van der Waals surface area contributed by atoms with Crippen LogP contribution in [0.25, 0.3) is 10.8 Å². The van der Waals surface area contributed by atoms with Crippen molar-refractivity contribution in [2.45, 2.75) is 6.54 Å². The highest BCUT2D eigenvalue weighted by Crippen LogP contribution is 2.15. The maximum Gasteiger partial charge on any atom is 0.275 e. The Balaban J connectivity index is 1.91. The van der Waals surface area contributed by atoms with Crippen molar-refractivity contribution in [1.29, 1.82) is 0 Å². The van der Waals surface area contributed by atoms with E-state index in [0.717, 1.165) is 4.68 Å². The number of amides is 2. The number of aromatic nitrogens is 2. The van der Waals surface area contributed by atoms with Crippen LogP contribution in [0.3, 0.4) is 0 Å². The average molecular weight is 366 g/mol. The molecule has 0 fully saturated rings. The molecular formula is C19H18N4O4. The Hall–Kier alpha value is -3.68. The summed E-state index contributed by atoms with van der Waals surface area (Å²) in [5, 5.41) is 10.0. The van der Waals surface area contributed by atoms with Gasteiger partial charge in [0.2, 0.25) is 5.91 Å². The van der Waals surface area contributed by atoms with E-state index in [2.05, 4.69) is 15.7 Å². The minimum atomic E-state index is -0.442. The molecule has 0 bridgehead atoms. The lowest BCUT2D eigenvalue weighted by atomic mass is 10.1. The fraction of sp³-hybridized carbons (Fsp3) is 0.158. The number of hydrogen-bond acceptors (Lipinski definition) is 5. The highest BCUT2D eigenvalue weighted by Gasteiger charge is 2.17. The van der Waals surface area contributed by atoms with Gasteiger partial charge in [0.15, 0.2) is 5.69 Å². The lowest BCUT2D eigenvalue weighted by molar-refractivity contribution is -0.117. The first-order valence-corrected chi connectivity index (χ1v) is 8.19. The first kappa shape index (κ1) is 18.1. The van der Waals surface area contributed by atoms with Crippen molar-refractivity contribution < 1.29 is 14.3 Å². The molecule has 1 aromatic heterocycles. The predicted molar refractivity (Wildman–Crippen MR) is 101 cm³/mol. The smallest absolute Gasteiger partial charge is 0.275 e. The first-order chi connectivity index (χ1) is 13.0. The molecule has 0 saturated carbocycles. The number of carbonyl (C=O) groups is 2. The van der Waals surface area contributed by atoms with Crippen LogP contribution in [0.4, 0.5) is 5.69 Å². The second-order valence-electron chi connectivity index (χ2n) is 5.71. The Morgan fingerprint density at radius 3 is 2.37 bits per heavy atom. The standard InChI is InChI=1S/C19H18N4O4/c1-20-18(25)17-14-5-3-4-6-15(14)19(26)23(22-17)11-16(24)21-12-7-9-13(27-2)10-8-12/h3-10H,11H2,1-2H3,(H,20,25)(H,21,24). The summed E-state index contributed by atoms with van der Waals surface area (Å²) in [5.74, 6) is -0.209. The van der Waals surface area contributed by atoms with Gasteiger partial charge in [-0.15, -0.1) is 0 Å². The Labute approximate surface area is 154 Å². The molecule has 3 aromatic rings. The molecule has 0 aliphatic rings. The van der Waals surface area contributed by atoms with Crippen molar-refractivity contribution >= 4 is 28.3 Å². The topological polar surface area (TPSA) is 102 Å². The second kappa shape index (κ2) is 7.69. The number of carbonyl (C=O) groups excluding carboxylic acids is 2. The Morgan fingerprint density at radius 1 is 1.07 bits per heavy atom. The van der Waals surface area contributed by atoms with Crippen LogP contribution in [0.2, 0.25) is 0 Å². The van der Waals surface area contributed by atoms with Crippen LogP contribution in [0.15, 0.2) is 53.3 Å². The second-order valence-corrected chi connectivity index (χ2v) is 5.71. The molecule has 0 aliphatic carbocycles. The minimum absolute atomic E-state index is 0.0879. The normalized spacial score (nSPS) is 10.4. The number of ether oxygens (including phenoxy) is 1. The van der Waals surface area contributed by atoms with E-state index in [1.165, 1.54) is 7.05 Å². The summed E-state index contributed by atoms with van der Waals surface area (Å²) in [6, 6.07) is 13.4. The maximum atomic E-state index is 12.6. The molecule has 0 radical (unpaired) electrons. The number of anilines is 1. The number of benzene rings is 2. The monoisotopic (exact) mass is 366 g/mol. The van der Waals surface area contributed by atoms with Crippen molar-refractivity contribution in [3.8, 4) is 5.75 Å². The zero-order valence-electron chi connectivity index (χ0n) is 14.9. The van der Waals surface area contributed by atoms with E-state index in [4.69, 9.17) is 4.74 Å². The lowest BCUT2D eigenvalue weighted by Gasteiger charge is -2.11. The highest BCUT2D eigenvalue weighted by molar-refractivity contribution is 6.04. The van der Waals surface area contributed by atoms with E-state index in [1.807, 2.05) is 0 Å². The summed E-state index contributed by atoms with van der Waals surface area (Å²) in [4.78, 5) is 37.1. The molecule has 2 N–H and O–H groups in total. The molecule has 2 aromatic carbocycles. The summed E-state index contributed by atoms with van der Waals surface area (Å²) < 4.78 is 6.06. The highest BCUT2D eigenvalue weighted by atomic mass is 16.5. The third-order valence-corrected chi connectivity index (χ3v) is 3.98. The fourth-order valence-corrected chi connectivity index (χ4v) is 2.64. The van der Waals surface area contributed by atoms with Crippen LogP contribution in [0, 0.1) is 0 Å². The molecule has 0 saturated heterocycles. The van der Waals surface area contributed by atoms with Crippen molar-refractivity contribution in [3.05, 3.63) is 64.6 Å². The van der Waals surface area contributed by atoms with Crippen LogP contribution >= 0.6 is 0 Å². The number of methoxy groups -OCH3 is 1. The van der Waals surface area contributed by atoms with E-state index >= 15 is 0 Å². The van der Waals surface area contributed by atoms with Gasteiger partial charge in [0, 0.05) is 18.1 Å². The van der Waals surface area contributed by atoms with E-state index in [0.29, 0.717) is 22.2 Å². The molecular weight excluding hydrogens is 348 g/mol. The molecule has 0 atom stereocenters. The fourth-order valence-electron chi connectivity index (χ4n) is 2.64. The third-order valence-electron chi connectivity index (χ3n) is 3.98. The zero-order valence-corrected chi connectivity index (χ0v) is 14.9. The molecule has 138 valence electrons. The summed E-state index contributed by atoms with van der Waals surface area (Å²) in [7, 11) is 3.03. The number of rotatable bonds is 5. The summed E-state index contributed by atoms with van der Waals surface area (Å²) in [6.45, 7) is -0.320. The molecule has 8 heteroatoms. The third kappa shape index (κ3) is 3.79. The van der Waals surface area contributed by atoms with Gasteiger partial charge in [0.05, 0.1) is 12.5 Å². The minimum Gasteiger partial charge on any atom is -0.497 e. The Bertz CT molecular complexity index is 1060. The zero-order chi connectivity index (χ0) is 19.4. The van der Waals surface area contributed by atoms with Gasteiger partial charge in [-0.05, 0) is 30.3 Å². The molecule has 0 spiro atoms. The molecule has 0 unspecified atom stereocenters. The quantitative estimate of drug-likeness (QED) is 0.711.